The molecule has 33 heavy (non-hydrogen) atoms. The highest BCUT2D eigenvalue weighted by Gasteiger charge is 2.31. The standard InChI is InChI=1S/C23H26N6O4/c1-29(20(21(30)31)12-6-7-13-24-22-25-27-28-26-22)23(32)33-14-19-17-10-4-2-8-15(17)16-9-3-5-11-18(16)19/h2-5,8-11,19-20H,6-7,12-14H2,1H3,(H,30,31)(H2,24,25,26,27,28)/t20-/m0/s1. The van der Waals surface area contributed by atoms with Gasteiger partial charge in [0.2, 0.25) is 0 Å². The summed E-state index contributed by atoms with van der Waals surface area (Å²) >= 11 is 0. The lowest BCUT2D eigenvalue weighted by Crippen LogP contribution is -2.43. The van der Waals surface area contributed by atoms with Gasteiger partial charge in [0.25, 0.3) is 5.95 Å². The van der Waals surface area contributed by atoms with Crippen LogP contribution in [0.2, 0.25) is 0 Å². The van der Waals surface area contributed by atoms with Gasteiger partial charge in [0.05, 0.1) is 0 Å². The number of benzene rings is 2. The molecule has 0 saturated heterocycles. The van der Waals surface area contributed by atoms with Gasteiger partial charge in [-0.3, -0.25) is 4.90 Å². The summed E-state index contributed by atoms with van der Waals surface area (Å²) in [6, 6.07) is 15.2. The lowest BCUT2D eigenvalue weighted by molar-refractivity contribution is -0.142. The second-order valence-corrected chi connectivity index (χ2v) is 7.93. The number of anilines is 1. The zero-order valence-electron chi connectivity index (χ0n) is 18.3. The van der Waals surface area contributed by atoms with Crippen molar-refractivity contribution in [2.45, 2.75) is 31.2 Å². The van der Waals surface area contributed by atoms with E-state index in [-0.39, 0.29) is 12.5 Å². The zero-order chi connectivity index (χ0) is 23.2. The van der Waals surface area contributed by atoms with Crippen molar-refractivity contribution in [2.75, 3.05) is 25.5 Å². The minimum atomic E-state index is -1.06. The number of unbranched alkanes of at least 4 members (excludes halogenated alkanes) is 1. The van der Waals surface area contributed by atoms with Gasteiger partial charge in [-0.15, -0.1) is 5.10 Å². The Morgan fingerprint density at radius 1 is 1.12 bits per heavy atom. The van der Waals surface area contributed by atoms with E-state index in [4.69, 9.17) is 4.74 Å². The minimum Gasteiger partial charge on any atom is -0.480 e. The van der Waals surface area contributed by atoms with Crippen LogP contribution in [0.5, 0.6) is 0 Å². The summed E-state index contributed by atoms with van der Waals surface area (Å²) in [5, 5.41) is 26.0. The minimum absolute atomic E-state index is 0.0748. The predicted octanol–water partition coefficient (Wildman–Crippen LogP) is 3.12. The maximum Gasteiger partial charge on any atom is 0.410 e. The number of ether oxygens (including phenoxy) is 1. The summed E-state index contributed by atoms with van der Waals surface area (Å²) in [4.78, 5) is 25.7. The van der Waals surface area contributed by atoms with Crippen LogP contribution in [0.15, 0.2) is 48.5 Å². The first kappa shape index (κ1) is 22.3. The van der Waals surface area contributed by atoms with E-state index in [0.29, 0.717) is 31.8 Å². The van der Waals surface area contributed by atoms with Gasteiger partial charge in [0, 0.05) is 19.5 Å². The molecule has 172 valence electrons. The average molecular weight is 450 g/mol. The van der Waals surface area contributed by atoms with E-state index in [0.717, 1.165) is 22.3 Å². The molecule has 10 heteroatoms. The van der Waals surface area contributed by atoms with Gasteiger partial charge in [-0.1, -0.05) is 53.6 Å². The highest BCUT2D eigenvalue weighted by molar-refractivity contribution is 5.81. The number of H-pyrrole nitrogens is 1. The Morgan fingerprint density at radius 2 is 1.79 bits per heavy atom. The molecule has 1 aliphatic carbocycles. The van der Waals surface area contributed by atoms with E-state index >= 15 is 0 Å². The number of aromatic nitrogens is 4. The van der Waals surface area contributed by atoms with Crippen LogP contribution in [0.25, 0.3) is 11.1 Å². The average Bonchev–Trinajstić information content (AvgIpc) is 3.45. The lowest BCUT2D eigenvalue weighted by Gasteiger charge is -2.25. The van der Waals surface area contributed by atoms with Gasteiger partial charge < -0.3 is 15.2 Å². The van der Waals surface area contributed by atoms with Crippen molar-refractivity contribution in [3.63, 3.8) is 0 Å². The van der Waals surface area contributed by atoms with Crippen LogP contribution >= 0.6 is 0 Å². The van der Waals surface area contributed by atoms with Crippen molar-refractivity contribution in [2.24, 2.45) is 0 Å². The van der Waals surface area contributed by atoms with E-state index in [1.807, 2.05) is 36.4 Å². The van der Waals surface area contributed by atoms with Gasteiger partial charge in [0.15, 0.2) is 0 Å². The fourth-order valence-electron chi connectivity index (χ4n) is 4.21. The number of fused-ring (bicyclic) bond motifs is 3. The Bertz CT molecular complexity index is 1060. The first-order chi connectivity index (χ1) is 16.1. The molecule has 1 atom stereocenters. The van der Waals surface area contributed by atoms with Crippen molar-refractivity contribution in [1.82, 2.24) is 25.5 Å². The Hall–Kier alpha value is -3.95. The number of hydrogen-bond acceptors (Lipinski definition) is 7. The number of carbonyl (C=O) groups excluding carboxylic acids is 1. The highest BCUT2D eigenvalue weighted by atomic mass is 16.6. The van der Waals surface area contributed by atoms with Crippen molar-refractivity contribution < 1.29 is 19.4 Å². The van der Waals surface area contributed by atoms with Gasteiger partial charge in [-0.25, -0.2) is 9.59 Å². The summed E-state index contributed by atoms with van der Waals surface area (Å²) in [5.41, 5.74) is 4.50. The number of carboxylic acids is 1. The predicted molar refractivity (Wildman–Crippen MR) is 121 cm³/mol. The SMILES string of the molecule is CN(C(=O)OCC1c2ccccc2-c2ccccc21)[C@@H](CCCCNc1nn[nH]n1)C(=O)O. The van der Waals surface area contributed by atoms with Gasteiger partial charge in [-0.2, -0.15) is 5.21 Å². The van der Waals surface area contributed by atoms with E-state index in [1.54, 1.807) is 0 Å². The summed E-state index contributed by atoms with van der Waals surface area (Å²) in [6.07, 6.45) is 0.957. The molecule has 0 saturated carbocycles. The molecule has 10 nitrogen and oxygen atoms in total. The van der Waals surface area contributed by atoms with Crippen molar-refractivity contribution >= 4 is 18.0 Å². The molecule has 0 spiro atoms. The first-order valence-electron chi connectivity index (χ1n) is 10.8. The van der Waals surface area contributed by atoms with E-state index in [1.165, 1.54) is 11.9 Å². The number of nitrogens with zero attached hydrogens (tertiary/aromatic N) is 4. The number of likely N-dealkylation sites (N-methyl/N-ethyl adjacent to an activating group) is 1. The second kappa shape index (κ2) is 10.1. The third-order valence-electron chi connectivity index (χ3n) is 5.91. The molecule has 1 heterocycles. The summed E-state index contributed by atoms with van der Waals surface area (Å²) in [5.74, 6) is -0.744. The molecule has 0 radical (unpaired) electrons. The van der Waals surface area contributed by atoms with Crippen LogP contribution in [0, 0.1) is 0 Å². The molecular formula is C23H26N6O4. The van der Waals surface area contributed by atoms with Crippen LogP contribution in [0.4, 0.5) is 10.7 Å². The number of amides is 1. The summed E-state index contributed by atoms with van der Waals surface area (Å²) < 4.78 is 5.59. The number of nitrogens with one attached hydrogen (secondary N) is 2. The molecule has 1 aliphatic rings. The summed E-state index contributed by atoms with van der Waals surface area (Å²) in [7, 11) is 1.47. The van der Waals surface area contributed by atoms with E-state index in [2.05, 4.69) is 38.1 Å². The quantitative estimate of drug-likeness (QED) is 0.401. The third-order valence-corrected chi connectivity index (χ3v) is 5.91. The first-order valence-corrected chi connectivity index (χ1v) is 10.8. The fraction of sp³-hybridized carbons (Fsp3) is 0.348. The van der Waals surface area contributed by atoms with Crippen LogP contribution in [0.1, 0.15) is 36.3 Å². The van der Waals surface area contributed by atoms with Gasteiger partial charge in [0.1, 0.15) is 12.6 Å². The van der Waals surface area contributed by atoms with E-state index in [9.17, 15) is 14.7 Å². The molecule has 1 amide bonds. The number of hydrogen-bond donors (Lipinski definition) is 3. The van der Waals surface area contributed by atoms with Crippen LogP contribution in [0.3, 0.4) is 0 Å². The molecule has 1 aromatic heterocycles. The lowest BCUT2D eigenvalue weighted by atomic mass is 9.98. The Kier molecular flexibility index (Phi) is 6.82. The largest absolute Gasteiger partial charge is 0.480 e. The third kappa shape index (κ3) is 4.94. The van der Waals surface area contributed by atoms with Crippen LogP contribution in [-0.4, -0.2) is 68.9 Å². The monoisotopic (exact) mass is 450 g/mol. The van der Waals surface area contributed by atoms with Crippen LogP contribution < -0.4 is 5.32 Å². The zero-order valence-corrected chi connectivity index (χ0v) is 18.3. The number of aromatic amines is 1. The highest BCUT2D eigenvalue weighted by Crippen LogP contribution is 2.44. The Morgan fingerprint density at radius 3 is 2.39 bits per heavy atom. The number of carboxylic acid groups (broad SMARTS) is 1. The molecule has 0 unspecified atom stereocenters. The number of rotatable bonds is 10. The molecule has 4 rings (SSSR count). The maximum absolute atomic E-state index is 12.7. The number of aliphatic carboxylic acids is 1. The van der Waals surface area contributed by atoms with Crippen molar-refractivity contribution in [3.05, 3.63) is 59.7 Å². The Labute approximate surface area is 191 Å². The normalized spacial score (nSPS) is 13.1. The topological polar surface area (TPSA) is 133 Å². The smallest absolute Gasteiger partial charge is 0.410 e. The number of tetrazole rings is 1. The molecule has 3 aromatic rings. The molecule has 0 fully saturated rings. The van der Waals surface area contributed by atoms with Gasteiger partial charge in [-0.05, 0) is 46.7 Å². The van der Waals surface area contributed by atoms with Crippen LogP contribution in [-0.2, 0) is 9.53 Å². The molecular weight excluding hydrogens is 424 g/mol. The summed E-state index contributed by atoms with van der Waals surface area (Å²) in [6.45, 7) is 0.721. The van der Waals surface area contributed by atoms with Crippen molar-refractivity contribution in [3.8, 4) is 11.1 Å². The van der Waals surface area contributed by atoms with E-state index < -0.39 is 18.1 Å². The van der Waals surface area contributed by atoms with Crippen molar-refractivity contribution in [1.29, 1.82) is 0 Å². The maximum atomic E-state index is 12.7. The fourth-order valence-corrected chi connectivity index (χ4v) is 4.21. The van der Waals surface area contributed by atoms with Gasteiger partial charge >= 0.3 is 12.1 Å². The molecule has 2 aromatic carbocycles. The molecule has 0 bridgehead atoms. The second-order valence-electron chi connectivity index (χ2n) is 7.93. The molecule has 3 N–H and O–H groups in total. The Balaban J connectivity index is 1.32. The molecule has 0 aliphatic heterocycles. The number of carbonyl (C=O) groups is 2.